The van der Waals surface area contributed by atoms with E-state index in [-0.39, 0.29) is 5.91 Å². The van der Waals surface area contributed by atoms with Crippen LogP contribution in [0, 0.1) is 5.92 Å². The summed E-state index contributed by atoms with van der Waals surface area (Å²) in [6.45, 7) is 1.85. The Kier molecular flexibility index (Phi) is 6.01. The lowest BCUT2D eigenvalue weighted by atomic mass is 9.87. The van der Waals surface area contributed by atoms with Crippen molar-refractivity contribution in [1.29, 1.82) is 0 Å². The van der Waals surface area contributed by atoms with E-state index in [0.29, 0.717) is 34.7 Å². The number of carbonyl (C=O) groups excluding carboxylic acids is 1. The van der Waals surface area contributed by atoms with Gasteiger partial charge in [0.15, 0.2) is 5.82 Å². The van der Waals surface area contributed by atoms with Crippen molar-refractivity contribution in [3.8, 4) is 22.9 Å². The maximum absolute atomic E-state index is 13.7. The molecular formula is C27H25N5O3. The highest BCUT2D eigenvalue weighted by atomic mass is 16.5. The Labute approximate surface area is 203 Å². The highest BCUT2D eigenvalue weighted by Gasteiger charge is 2.41. The van der Waals surface area contributed by atoms with Gasteiger partial charge in [0.05, 0.1) is 14.2 Å². The van der Waals surface area contributed by atoms with Crippen LogP contribution in [-0.2, 0) is 4.79 Å². The number of rotatable bonds is 6. The number of para-hydroxylation sites is 1. The number of anilines is 1. The van der Waals surface area contributed by atoms with Gasteiger partial charge >= 0.3 is 0 Å². The number of nitrogens with zero attached hydrogens (tertiary/aromatic N) is 4. The summed E-state index contributed by atoms with van der Waals surface area (Å²) in [4.78, 5) is 23.0. The fourth-order valence-electron chi connectivity index (χ4n) is 4.33. The largest absolute Gasteiger partial charge is 0.497 e. The Morgan fingerprint density at radius 2 is 1.66 bits per heavy atom. The van der Waals surface area contributed by atoms with Crippen molar-refractivity contribution in [2.45, 2.75) is 13.0 Å². The van der Waals surface area contributed by atoms with E-state index in [1.54, 1.807) is 25.0 Å². The first kappa shape index (κ1) is 22.3. The summed E-state index contributed by atoms with van der Waals surface area (Å²) in [5.74, 6) is 1.38. The number of aromatic nitrogens is 3. The van der Waals surface area contributed by atoms with E-state index in [0.717, 1.165) is 11.1 Å². The molecule has 4 aromatic rings. The van der Waals surface area contributed by atoms with Crippen molar-refractivity contribution >= 4 is 23.3 Å². The molecule has 5 rings (SSSR count). The average Bonchev–Trinajstić information content (AvgIpc) is 3.32. The first-order chi connectivity index (χ1) is 17.1. The second-order valence-electron chi connectivity index (χ2n) is 8.18. The molecule has 0 fully saturated rings. The molecule has 8 heteroatoms. The molecule has 2 heterocycles. The predicted molar refractivity (Wildman–Crippen MR) is 134 cm³/mol. The van der Waals surface area contributed by atoms with E-state index in [1.165, 1.54) is 0 Å². The van der Waals surface area contributed by atoms with Crippen LogP contribution >= 0.6 is 0 Å². The van der Waals surface area contributed by atoms with Gasteiger partial charge in [-0.05, 0) is 31.2 Å². The zero-order valence-electron chi connectivity index (χ0n) is 19.7. The molecule has 1 aliphatic heterocycles. The van der Waals surface area contributed by atoms with E-state index in [1.807, 2.05) is 79.7 Å². The molecule has 0 bridgehead atoms. The number of hydrogen-bond acceptors (Lipinski definition) is 6. The van der Waals surface area contributed by atoms with Gasteiger partial charge in [-0.15, -0.1) is 5.10 Å². The van der Waals surface area contributed by atoms with E-state index < -0.39 is 12.0 Å². The Morgan fingerprint density at radius 3 is 2.34 bits per heavy atom. The lowest BCUT2D eigenvalue weighted by Gasteiger charge is -2.31. The van der Waals surface area contributed by atoms with Crippen molar-refractivity contribution in [2.75, 3.05) is 19.5 Å². The number of fused-ring (bicyclic) bond motifs is 1. The highest BCUT2D eigenvalue weighted by Crippen LogP contribution is 2.41. The van der Waals surface area contributed by atoms with Crippen LogP contribution in [0.4, 0.5) is 11.6 Å². The number of aliphatic imine (C=N–C) groups is 1. The van der Waals surface area contributed by atoms with E-state index in [9.17, 15) is 4.79 Å². The quantitative estimate of drug-likeness (QED) is 0.435. The summed E-state index contributed by atoms with van der Waals surface area (Å²) in [7, 11) is 3.20. The van der Waals surface area contributed by atoms with Crippen LogP contribution < -0.4 is 14.8 Å². The number of amides is 1. The van der Waals surface area contributed by atoms with E-state index >= 15 is 0 Å². The summed E-state index contributed by atoms with van der Waals surface area (Å²) in [5.41, 5.74) is 3.00. The maximum atomic E-state index is 13.7. The summed E-state index contributed by atoms with van der Waals surface area (Å²) in [6.07, 6.45) is 0. The van der Waals surface area contributed by atoms with Crippen LogP contribution in [0.3, 0.4) is 0 Å². The third-order valence-electron chi connectivity index (χ3n) is 6.03. The first-order valence-corrected chi connectivity index (χ1v) is 11.2. The lowest BCUT2D eigenvalue weighted by Crippen LogP contribution is -2.39. The molecule has 0 saturated carbocycles. The molecule has 3 aromatic carbocycles. The molecule has 35 heavy (non-hydrogen) atoms. The molecular weight excluding hydrogens is 442 g/mol. The Morgan fingerprint density at radius 1 is 0.943 bits per heavy atom. The van der Waals surface area contributed by atoms with E-state index in [2.05, 4.69) is 15.3 Å². The summed E-state index contributed by atoms with van der Waals surface area (Å²) < 4.78 is 12.8. The number of methoxy groups -OCH3 is 2. The minimum absolute atomic E-state index is 0.192. The van der Waals surface area contributed by atoms with Gasteiger partial charge in [0.2, 0.25) is 11.9 Å². The fourth-order valence-corrected chi connectivity index (χ4v) is 4.33. The van der Waals surface area contributed by atoms with Crippen molar-refractivity contribution in [1.82, 2.24) is 14.8 Å². The average molecular weight is 468 g/mol. The molecule has 1 amide bonds. The number of ether oxygens (including phenoxy) is 2. The molecule has 2 atom stereocenters. The van der Waals surface area contributed by atoms with Gasteiger partial charge in [-0.1, -0.05) is 48.5 Å². The van der Waals surface area contributed by atoms with E-state index in [4.69, 9.17) is 14.6 Å². The number of benzene rings is 3. The van der Waals surface area contributed by atoms with Gasteiger partial charge in [0.1, 0.15) is 23.5 Å². The zero-order chi connectivity index (χ0) is 24.4. The van der Waals surface area contributed by atoms with Gasteiger partial charge in [-0.3, -0.25) is 4.79 Å². The Bertz CT molecular complexity index is 1380. The molecule has 1 aromatic heterocycles. The molecule has 176 valence electrons. The standard InChI is InChI=1S/C27H25N5O3/c1-17-23(26(33)29-19-12-8-5-9-13-19)24(21-15-14-20(34-2)16-22(21)35-3)32-27(28-17)30-25(31-32)18-10-6-4-7-11-18/h4-16,23-24H,1-3H3,(H,29,33). The van der Waals surface area contributed by atoms with Crippen LogP contribution in [0.2, 0.25) is 0 Å². The van der Waals surface area contributed by atoms with Crippen molar-refractivity contribution in [2.24, 2.45) is 10.9 Å². The molecule has 0 aliphatic carbocycles. The van der Waals surface area contributed by atoms with Gasteiger partial charge in [-0.2, -0.15) is 4.98 Å². The highest BCUT2D eigenvalue weighted by molar-refractivity contribution is 6.10. The predicted octanol–water partition coefficient (Wildman–Crippen LogP) is 4.91. The minimum atomic E-state index is -0.643. The third-order valence-corrected chi connectivity index (χ3v) is 6.03. The lowest BCUT2D eigenvalue weighted by molar-refractivity contribution is -0.118. The monoisotopic (exact) mass is 467 g/mol. The minimum Gasteiger partial charge on any atom is -0.497 e. The van der Waals surface area contributed by atoms with Crippen LogP contribution in [-0.4, -0.2) is 40.6 Å². The zero-order valence-corrected chi connectivity index (χ0v) is 19.7. The summed E-state index contributed by atoms with van der Waals surface area (Å²) >= 11 is 0. The fraction of sp³-hybridized carbons (Fsp3) is 0.185. The third kappa shape index (κ3) is 4.26. The van der Waals surface area contributed by atoms with Gasteiger partial charge in [-0.25, -0.2) is 9.67 Å². The van der Waals surface area contributed by atoms with Crippen LogP contribution in [0.1, 0.15) is 18.5 Å². The SMILES string of the molecule is COc1ccc(C2C(C(=O)Nc3ccccc3)C(C)=Nc3nc(-c4ccccc4)nn32)c(OC)c1. The van der Waals surface area contributed by atoms with Crippen molar-refractivity contribution < 1.29 is 14.3 Å². The van der Waals surface area contributed by atoms with Gasteiger partial charge in [0.25, 0.3) is 0 Å². The topological polar surface area (TPSA) is 90.6 Å². The molecule has 1 aliphatic rings. The number of nitrogens with one attached hydrogen (secondary N) is 1. The maximum Gasteiger partial charge on any atom is 0.248 e. The second kappa shape index (κ2) is 9.42. The van der Waals surface area contributed by atoms with Crippen LogP contribution in [0.5, 0.6) is 11.5 Å². The summed E-state index contributed by atoms with van der Waals surface area (Å²) in [6, 6.07) is 24.1. The number of carbonyl (C=O) groups is 1. The van der Waals surface area contributed by atoms with Gasteiger partial charge in [0, 0.05) is 28.6 Å². The molecule has 0 radical (unpaired) electrons. The number of hydrogen-bond donors (Lipinski definition) is 1. The smallest absolute Gasteiger partial charge is 0.248 e. The Hall–Kier alpha value is -4.46. The van der Waals surface area contributed by atoms with Crippen molar-refractivity contribution in [3.05, 3.63) is 84.4 Å². The molecule has 1 N–H and O–H groups in total. The molecule has 0 saturated heterocycles. The first-order valence-electron chi connectivity index (χ1n) is 11.2. The molecule has 2 unspecified atom stereocenters. The van der Waals surface area contributed by atoms with Crippen molar-refractivity contribution in [3.63, 3.8) is 0 Å². The second-order valence-corrected chi connectivity index (χ2v) is 8.18. The van der Waals surface area contributed by atoms with Gasteiger partial charge < -0.3 is 14.8 Å². The van der Waals surface area contributed by atoms with Crippen LogP contribution in [0.15, 0.2) is 83.9 Å². The Balaban J connectivity index is 1.65. The summed E-state index contributed by atoms with van der Waals surface area (Å²) in [5, 5.41) is 7.83. The molecule has 0 spiro atoms. The van der Waals surface area contributed by atoms with Crippen LogP contribution in [0.25, 0.3) is 11.4 Å². The molecule has 8 nitrogen and oxygen atoms in total. The normalized spacial score (nSPS) is 16.7.